The molecule has 0 saturated heterocycles. The molecule has 2 rings (SSSR count). The molecular formula is C12H18N6O2S. The Morgan fingerprint density at radius 3 is 2.95 bits per heavy atom. The van der Waals surface area contributed by atoms with Crippen molar-refractivity contribution < 1.29 is 9.21 Å². The molecule has 2 heterocycles. The SMILES string of the molecule is Cc1nnc(CN(C)C(=O)NCCSc2nccn2C)o1. The highest BCUT2D eigenvalue weighted by Gasteiger charge is 2.12. The van der Waals surface area contributed by atoms with E-state index in [1.807, 2.05) is 17.8 Å². The molecule has 114 valence electrons. The highest BCUT2D eigenvalue weighted by molar-refractivity contribution is 7.99. The van der Waals surface area contributed by atoms with Crippen molar-refractivity contribution in [2.24, 2.45) is 7.05 Å². The first-order chi connectivity index (χ1) is 10.1. The smallest absolute Gasteiger partial charge is 0.317 e. The molecule has 0 aliphatic rings. The first-order valence-electron chi connectivity index (χ1n) is 6.44. The van der Waals surface area contributed by atoms with Gasteiger partial charge >= 0.3 is 6.03 Å². The lowest BCUT2D eigenvalue weighted by atomic mass is 10.5. The van der Waals surface area contributed by atoms with E-state index >= 15 is 0 Å². The van der Waals surface area contributed by atoms with Crippen molar-refractivity contribution in [3.63, 3.8) is 0 Å². The molecule has 21 heavy (non-hydrogen) atoms. The van der Waals surface area contributed by atoms with E-state index in [2.05, 4.69) is 20.5 Å². The van der Waals surface area contributed by atoms with Crippen molar-refractivity contribution in [2.45, 2.75) is 18.6 Å². The molecule has 9 heteroatoms. The Bertz CT molecular complexity index is 596. The second-order valence-corrected chi connectivity index (χ2v) is 5.53. The lowest BCUT2D eigenvalue weighted by molar-refractivity contribution is 0.202. The minimum atomic E-state index is -0.175. The summed E-state index contributed by atoms with van der Waals surface area (Å²) in [5, 5.41) is 11.3. The van der Waals surface area contributed by atoms with Crippen LogP contribution in [0.5, 0.6) is 0 Å². The van der Waals surface area contributed by atoms with E-state index in [4.69, 9.17) is 4.42 Å². The van der Waals surface area contributed by atoms with Gasteiger partial charge in [-0.3, -0.25) is 0 Å². The highest BCUT2D eigenvalue weighted by atomic mass is 32.2. The summed E-state index contributed by atoms with van der Waals surface area (Å²) < 4.78 is 7.17. The molecule has 2 amide bonds. The van der Waals surface area contributed by atoms with Crippen LogP contribution in [0.25, 0.3) is 0 Å². The Balaban J connectivity index is 1.68. The Hall–Kier alpha value is -2.03. The summed E-state index contributed by atoms with van der Waals surface area (Å²) in [6.07, 6.45) is 3.64. The molecule has 0 aliphatic carbocycles. The van der Waals surface area contributed by atoms with Crippen LogP contribution in [0, 0.1) is 6.92 Å². The van der Waals surface area contributed by atoms with E-state index in [1.165, 1.54) is 4.90 Å². The zero-order valence-corrected chi connectivity index (χ0v) is 13.1. The molecule has 8 nitrogen and oxygen atoms in total. The summed E-state index contributed by atoms with van der Waals surface area (Å²) in [6, 6.07) is -0.175. The Kier molecular flexibility index (Phi) is 5.20. The lowest BCUT2D eigenvalue weighted by Gasteiger charge is -2.15. The standard InChI is InChI=1S/C12H18N6O2S/c1-9-15-16-10(20-9)8-18(3)11(19)13-5-7-21-12-14-4-6-17(12)2/h4,6H,5,7-8H2,1-3H3,(H,13,19). The second kappa shape index (κ2) is 7.11. The molecule has 0 fully saturated rings. The fourth-order valence-corrected chi connectivity index (χ4v) is 2.39. The summed E-state index contributed by atoms with van der Waals surface area (Å²) in [5.41, 5.74) is 0. The summed E-state index contributed by atoms with van der Waals surface area (Å²) >= 11 is 1.59. The molecule has 0 aliphatic heterocycles. The van der Waals surface area contributed by atoms with Crippen LogP contribution in [0.4, 0.5) is 4.79 Å². The third-order valence-corrected chi connectivity index (χ3v) is 3.73. The van der Waals surface area contributed by atoms with Gasteiger partial charge in [-0.1, -0.05) is 11.8 Å². The molecule has 0 aromatic carbocycles. The van der Waals surface area contributed by atoms with E-state index in [0.717, 1.165) is 10.9 Å². The van der Waals surface area contributed by atoms with Gasteiger partial charge < -0.3 is 19.2 Å². The number of carbonyl (C=O) groups excluding carboxylic acids is 1. The first kappa shape index (κ1) is 15.4. The molecular weight excluding hydrogens is 292 g/mol. The number of imidazole rings is 1. The average Bonchev–Trinajstić information content (AvgIpc) is 3.03. The van der Waals surface area contributed by atoms with Gasteiger partial charge in [-0.2, -0.15) is 0 Å². The maximum absolute atomic E-state index is 11.9. The van der Waals surface area contributed by atoms with E-state index in [1.54, 1.807) is 31.9 Å². The summed E-state index contributed by atoms with van der Waals surface area (Å²) in [4.78, 5) is 17.6. The zero-order valence-electron chi connectivity index (χ0n) is 12.2. The predicted octanol–water partition coefficient (Wildman–Crippen LogP) is 1.05. The number of aryl methyl sites for hydroxylation is 2. The van der Waals surface area contributed by atoms with E-state index < -0.39 is 0 Å². The van der Waals surface area contributed by atoms with Gasteiger partial charge in [-0.15, -0.1) is 10.2 Å². The van der Waals surface area contributed by atoms with Crippen LogP contribution >= 0.6 is 11.8 Å². The van der Waals surface area contributed by atoms with Crippen molar-refractivity contribution in [2.75, 3.05) is 19.3 Å². The van der Waals surface area contributed by atoms with Crippen molar-refractivity contribution in [3.8, 4) is 0 Å². The quantitative estimate of drug-likeness (QED) is 0.633. The number of carbonyl (C=O) groups is 1. The van der Waals surface area contributed by atoms with Gasteiger partial charge in [0.15, 0.2) is 5.16 Å². The van der Waals surface area contributed by atoms with Crippen LogP contribution in [-0.4, -0.2) is 50.0 Å². The fourth-order valence-electron chi connectivity index (χ4n) is 1.60. The van der Waals surface area contributed by atoms with Crippen molar-refractivity contribution in [1.82, 2.24) is 30.0 Å². The Labute approximate surface area is 126 Å². The fraction of sp³-hybridized carbons (Fsp3) is 0.500. The number of urea groups is 1. The number of nitrogens with one attached hydrogen (secondary N) is 1. The molecule has 1 N–H and O–H groups in total. The van der Waals surface area contributed by atoms with Gasteiger partial charge in [0.25, 0.3) is 0 Å². The maximum atomic E-state index is 11.9. The molecule has 0 atom stereocenters. The van der Waals surface area contributed by atoms with Gasteiger partial charge in [0.05, 0.1) is 0 Å². The minimum Gasteiger partial charge on any atom is -0.424 e. The van der Waals surface area contributed by atoms with Gasteiger partial charge in [0.1, 0.15) is 6.54 Å². The number of amides is 2. The van der Waals surface area contributed by atoms with Crippen LogP contribution < -0.4 is 5.32 Å². The van der Waals surface area contributed by atoms with Crippen LogP contribution in [0.1, 0.15) is 11.8 Å². The molecule has 0 spiro atoms. The van der Waals surface area contributed by atoms with Gasteiger partial charge in [-0.05, 0) is 0 Å². The lowest BCUT2D eigenvalue weighted by Crippen LogP contribution is -2.37. The number of aromatic nitrogens is 4. The van der Waals surface area contributed by atoms with Gasteiger partial charge in [0, 0.05) is 45.7 Å². The Morgan fingerprint density at radius 2 is 2.33 bits per heavy atom. The van der Waals surface area contributed by atoms with Crippen molar-refractivity contribution in [1.29, 1.82) is 0 Å². The van der Waals surface area contributed by atoms with E-state index in [9.17, 15) is 4.79 Å². The third-order valence-electron chi connectivity index (χ3n) is 2.67. The normalized spacial score (nSPS) is 10.6. The topological polar surface area (TPSA) is 89.1 Å². The highest BCUT2D eigenvalue weighted by Crippen LogP contribution is 2.13. The molecule has 0 saturated carbocycles. The predicted molar refractivity (Wildman–Crippen MR) is 77.8 cm³/mol. The first-order valence-corrected chi connectivity index (χ1v) is 7.43. The number of thioether (sulfide) groups is 1. The average molecular weight is 310 g/mol. The summed E-state index contributed by atoms with van der Waals surface area (Å²) in [5.74, 6) is 1.67. The number of nitrogens with zero attached hydrogens (tertiary/aromatic N) is 5. The van der Waals surface area contributed by atoms with Crippen LogP contribution in [0.15, 0.2) is 22.0 Å². The van der Waals surface area contributed by atoms with Crippen molar-refractivity contribution in [3.05, 3.63) is 24.2 Å². The van der Waals surface area contributed by atoms with E-state index in [0.29, 0.717) is 24.9 Å². The van der Waals surface area contributed by atoms with Crippen LogP contribution in [-0.2, 0) is 13.6 Å². The van der Waals surface area contributed by atoms with Gasteiger partial charge in [-0.25, -0.2) is 9.78 Å². The van der Waals surface area contributed by atoms with Crippen molar-refractivity contribution >= 4 is 17.8 Å². The molecule has 2 aromatic rings. The number of rotatable bonds is 6. The molecule has 0 bridgehead atoms. The van der Waals surface area contributed by atoms with E-state index in [-0.39, 0.29) is 6.03 Å². The number of hydrogen-bond acceptors (Lipinski definition) is 6. The maximum Gasteiger partial charge on any atom is 0.317 e. The van der Waals surface area contributed by atoms with Gasteiger partial charge in [0.2, 0.25) is 11.8 Å². The largest absolute Gasteiger partial charge is 0.424 e. The molecule has 2 aromatic heterocycles. The second-order valence-electron chi connectivity index (χ2n) is 4.47. The number of hydrogen-bond donors (Lipinski definition) is 1. The zero-order chi connectivity index (χ0) is 15.2. The monoisotopic (exact) mass is 310 g/mol. The molecule has 0 radical (unpaired) electrons. The third kappa shape index (κ3) is 4.48. The molecule has 0 unspecified atom stereocenters. The minimum absolute atomic E-state index is 0.175. The van der Waals surface area contributed by atoms with Crippen LogP contribution in [0.2, 0.25) is 0 Å². The Morgan fingerprint density at radius 1 is 1.52 bits per heavy atom. The summed E-state index contributed by atoms with van der Waals surface area (Å²) in [6.45, 7) is 2.56. The van der Waals surface area contributed by atoms with Crippen LogP contribution in [0.3, 0.4) is 0 Å². The summed E-state index contributed by atoms with van der Waals surface area (Å²) in [7, 11) is 3.62.